The van der Waals surface area contributed by atoms with Crippen molar-refractivity contribution in [1.82, 2.24) is 13.7 Å². The van der Waals surface area contributed by atoms with E-state index in [-0.39, 0.29) is 50.3 Å². The van der Waals surface area contributed by atoms with Crippen molar-refractivity contribution in [2.45, 2.75) is 78.6 Å². The van der Waals surface area contributed by atoms with E-state index in [1.54, 1.807) is 4.57 Å². The van der Waals surface area contributed by atoms with Gasteiger partial charge < -0.3 is 23.5 Å². The second kappa shape index (κ2) is 22.8. The lowest BCUT2D eigenvalue weighted by molar-refractivity contribution is 0.590. The molecule has 490 valence electrons. The molecule has 102 heavy (non-hydrogen) atoms. The molecule has 0 aliphatic carbocycles. The standard InChI is InChI=1S/C96H78BN5/c1-94(2,3)67-45-50-83-77(56-67)78-57-68(95(4,5)6)46-51-84(78)101(83)85-42-26-38-75-76-39-27-43-86(93(76)100(92(75)85)70-34-20-13-21-35-70)102-88-60-71(98-81-40-24-22-36-73(81)74-37-23-25-41-82(74)98)47-49-80(88)97-79-48-44-64(61-28-14-10-15-29-61)55-87(79)99(89-58-69(96(7,8)9)59-90(102)91(89)97)72-53-65(62-30-16-11-17-31-62)52-66(54-72)63-32-18-12-19-33-63/h10-60H,1-9H3/i10D,14D,15D,22D,23D,24D,25D,28D,29D,36D,37D,40D,41D. The molecule has 2 aliphatic rings. The number of fused-ring (bicyclic) bond motifs is 13. The van der Waals surface area contributed by atoms with Crippen LogP contribution < -0.4 is 26.2 Å². The maximum Gasteiger partial charge on any atom is 0.252 e. The number of hydrogen-bond donors (Lipinski definition) is 0. The predicted octanol–water partition coefficient (Wildman–Crippen LogP) is 24.0. The molecule has 0 fully saturated rings. The van der Waals surface area contributed by atoms with Crippen LogP contribution in [-0.2, 0) is 16.2 Å². The second-order valence-electron chi connectivity index (χ2n) is 30.4. The van der Waals surface area contributed by atoms with E-state index in [1.807, 2.05) is 78.9 Å². The van der Waals surface area contributed by atoms with Crippen molar-refractivity contribution in [3.05, 3.63) is 326 Å². The summed E-state index contributed by atoms with van der Waals surface area (Å²) < 4.78 is 128. The van der Waals surface area contributed by atoms with Gasteiger partial charge in [0.15, 0.2) is 0 Å². The molecule has 0 unspecified atom stereocenters. The predicted molar refractivity (Wildman–Crippen MR) is 436 cm³/mol. The van der Waals surface area contributed by atoms with Gasteiger partial charge in [-0.1, -0.05) is 262 Å². The Bertz CT molecular complexity index is 6850. The number of anilines is 6. The first-order valence-electron chi connectivity index (χ1n) is 41.5. The number of benzene rings is 14. The fourth-order valence-electron chi connectivity index (χ4n) is 16.1. The summed E-state index contributed by atoms with van der Waals surface area (Å²) in [6, 6.07) is 74.9. The Hall–Kier alpha value is -11.9. The highest BCUT2D eigenvalue weighted by Gasteiger charge is 2.45. The molecule has 5 heterocycles. The van der Waals surface area contributed by atoms with Crippen LogP contribution in [-0.4, -0.2) is 20.4 Å². The molecule has 0 bridgehead atoms. The summed E-state index contributed by atoms with van der Waals surface area (Å²) in [7, 11) is 0. The maximum atomic E-state index is 9.84. The van der Waals surface area contributed by atoms with Gasteiger partial charge >= 0.3 is 0 Å². The smallest absolute Gasteiger partial charge is 0.252 e. The summed E-state index contributed by atoms with van der Waals surface area (Å²) in [4.78, 5) is 4.63. The molecule has 19 rings (SSSR count). The van der Waals surface area contributed by atoms with Gasteiger partial charge in [0.1, 0.15) is 0 Å². The van der Waals surface area contributed by atoms with Gasteiger partial charge in [-0.2, -0.15) is 0 Å². The topological polar surface area (TPSA) is 21.3 Å². The fourth-order valence-corrected chi connectivity index (χ4v) is 16.1. The van der Waals surface area contributed by atoms with Crippen LogP contribution in [0, 0.1) is 0 Å². The van der Waals surface area contributed by atoms with Gasteiger partial charge in [-0.15, -0.1) is 0 Å². The first-order chi connectivity index (χ1) is 54.9. The van der Waals surface area contributed by atoms with Gasteiger partial charge in [0.2, 0.25) is 0 Å². The van der Waals surface area contributed by atoms with Gasteiger partial charge in [0.25, 0.3) is 6.71 Å². The zero-order chi connectivity index (χ0) is 80.4. The summed E-state index contributed by atoms with van der Waals surface area (Å²) in [6.07, 6.45) is 0. The molecule has 0 radical (unpaired) electrons. The summed E-state index contributed by atoms with van der Waals surface area (Å²) in [6.45, 7) is 19.5. The molecular formula is C96H78BN5. The molecule has 3 aromatic heterocycles. The van der Waals surface area contributed by atoms with Gasteiger partial charge in [-0.05, 0) is 192 Å². The third-order valence-electron chi connectivity index (χ3n) is 21.2. The van der Waals surface area contributed by atoms with Gasteiger partial charge in [-0.25, -0.2) is 0 Å². The molecule has 5 nitrogen and oxygen atoms in total. The van der Waals surface area contributed by atoms with E-state index in [4.69, 9.17) is 6.85 Å². The summed E-state index contributed by atoms with van der Waals surface area (Å²) in [5, 5.41) is 4.12. The molecule has 17 aromatic rings. The number of nitrogens with zero attached hydrogens (tertiary/aromatic N) is 5. The third-order valence-corrected chi connectivity index (χ3v) is 21.2. The Morgan fingerprint density at radius 2 is 0.765 bits per heavy atom. The average Bonchev–Trinajstić information content (AvgIpc) is 1.61. The van der Waals surface area contributed by atoms with Crippen LogP contribution >= 0.6 is 0 Å². The minimum absolute atomic E-state index is 0.0207. The lowest BCUT2D eigenvalue weighted by Gasteiger charge is -2.45. The molecule has 0 amide bonds. The van der Waals surface area contributed by atoms with E-state index >= 15 is 0 Å². The number of para-hydroxylation sites is 5. The van der Waals surface area contributed by atoms with Crippen molar-refractivity contribution >= 4 is 123 Å². The Balaban J connectivity index is 0.986. The van der Waals surface area contributed by atoms with Crippen LogP contribution in [0.5, 0.6) is 0 Å². The Kier molecular flexibility index (Phi) is 10.9. The molecule has 0 saturated heterocycles. The van der Waals surface area contributed by atoms with E-state index in [2.05, 4.69) is 233 Å². The van der Waals surface area contributed by atoms with E-state index < -0.39 is 78.6 Å². The molecule has 6 heteroatoms. The summed E-state index contributed by atoms with van der Waals surface area (Å²) >= 11 is 0. The monoisotopic (exact) mass is 1320 g/mol. The third kappa shape index (κ3) is 9.59. The molecule has 0 spiro atoms. The van der Waals surface area contributed by atoms with Crippen molar-refractivity contribution in [3.63, 3.8) is 0 Å². The first-order valence-corrected chi connectivity index (χ1v) is 35.0. The van der Waals surface area contributed by atoms with Crippen molar-refractivity contribution in [1.29, 1.82) is 0 Å². The van der Waals surface area contributed by atoms with Crippen molar-refractivity contribution < 1.29 is 17.8 Å². The highest BCUT2D eigenvalue weighted by molar-refractivity contribution is 7.00. The normalized spacial score (nSPS) is 14.9. The zero-order valence-electron chi connectivity index (χ0n) is 71.3. The van der Waals surface area contributed by atoms with Crippen molar-refractivity contribution in [2.75, 3.05) is 9.80 Å². The molecule has 0 atom stereocenters. The minimum atomic E-state index is -0.656. The van der Waals surface area contributed by atoms with Crippen molar-refractivity contribution in [3.8, 4) is 50.4 Å². The Morgan fingerprint density at radius 3 is 1.33 bits per heavy atom. The van der Waals surface area contributed by atoms with Crippen LogP contribution in [0.1, 0.15) is 96.8 Å². The molecule has 0 N–H and O–H groups in total. The summed E-state index contributed by atoms with van der Waals surface area (Å²) in [5.74, 6) is 0. The Labute approximate surface area is 615 Å². The quantitative estimate of drug-likeness (QED) is 0.141. The van der Waals surface area contributed by atoms with E-state index in [1.165, 1.54) is 11.1 Å². The van der Waals surface area contributed by atoms with Gasteiger partial charge in [0, 0.05) is 72.1 Å². The number of aromatic nitrogens is 3. The van der Waals surface area contributed by atoms with Gasteiger partial charge in [0.05, 0.1) is 62.3 Å². The Morgan fingerprint density at radius 1 is 0.265 bits per heavy atom. The summed E-state index contributed by atoms with van der Waals surface area (Å²) in [5.41, 5.74) is 19.8. The SMILES string of the molecule is [2H]c1c([2H])c([2H])c(-c2ccc3c(c2)N(c2cc(-c4ccccc4)cc(-c4ccccc4)c2)c2cc(C(C)(C)C)cc4c2B3c2ccc(-n3c5c([2H])c([2H])c([2H])c([2H])c5c5c([2H])c([2H])c([2H])c([2H])c53)cc2N4c2cccc3c4cccc(-n5c6ccc(C(C)(C)C)cc6c6cc(C(C)(C)C)ccc65)c4n(-c4ccccc4)c23)c([2H])c1[2H]. The van der Waals surface area contributed by atoms with Crippen LogP contribution in [0.2, 0.25) is 0 Å². The largest absolute Gasteiger partial charge is 0.311 e. The lowest BCUT2D eigenvalue weighted by atomic mass is 9.33. The molecule has 14 aromatic carbocycles. The lowest BCUT2D eigenvalue weighted by Crippen LogP contribution is -2.61. The van der Waals surface area contributed by atoms with Gasteiger partial charge in [-0.3, -0.25) is 0 Å². The highest BCUT2D eigenvalue weighted by Crippen LogP contribution is 2.52. The average molecular weight is 1330 g/mol. The molecular weight excluding hydrogens is 1230 g/mol. The number of rotatable bonds is 8. The van der Waals surface area contributed by atoms with Crippen molar-refractivity contribution in [2.24, 2.45) is 0 Å². The van der Waals surface area contributed by atoms with Crippen LogP contribution in [0.15, 0.2) is 309 Å². The van der Waals surface area contributed by atoms with E-state index in [0.717, 1.165) is 122 Å². The number of hydrogen-bond acceptors (Lipinski definition) is 2. The highest BCUT2D eigenvalue weighted by atomic mass is 15.2. The maximum absolute atomic E-state index is 9.84. The van der Waals surface area contributed by atoms with Crippen LogP contribution in [0.25, 0.3) is 116 Å². The minimum Gasteiger partial charge on any atom is -0.311 e. The fraction of sp³-hybridized carbons (Fsp3) is 0.125. The van der Waals surface area contributed by atoms with Crippen LogP contribution in [0.3, 0.4) is 0 Å². The van der Waals surface area contributed by atoms with E-state index in [9.17, 15) is 11.0 Å². The molecule has 0 saturated carbocycles. The van der Waals surface area contributed by atoms with Crippen LogP contribution in [0.4, 0.5) is 34.1 Å². The van der Waals surface area contributed by atoms with E-state index in [0.29, 0.717) is 22.6 Å². The second-order valence-corrected chi connectivity index (χ2v) is 30.4. The molecule has 2 aliphatic heterocycles. The zero-order valence-corrected chi connectivity index (χ0v) is 58.3. The first kappa shape index (κ1) is 48.8.